The molecule has 0 saturated carbocycles. The van der Waals surface area contributed by atoms with Gasteiger partial charge in [-0.15, -0.1) is 0 Å². The zero-order valence-corrected chi connectivity index (χ0v) is 10.8. The van der Waals surface area contributed by atoms with E-state index in [0.29, 0.717) is 6.42 Å². The lowest BCUT2D eigenvalue weighted by Crippen LogP contribution is -2.50. The molecule has 0 aliphatic rings. The minimum absolute atomic E-state index is 0.486. The number of halogens is 3. The SMILES string of the molecule is CCC=NC(NC(C)(C)/C=C\CC)C(F)(F)F. The third kappa shape index (κ3) is 7.15. The highest BCUT2D eigenvalue weighted by Crippen LogP contribution is 2.23. The van der Waals surface area contributed by atoms with E-state index in [1.54, 1.807) is 26.8 Å². The van der Waals surface area contributed by atoms with Gasteiger partial charge in [-0.1, -0.05) is 26.0 Å². The molecule has 0 heterocycles. The van der Waals surface area contributed by atoms with E-state index in [2.05, 4.69) is 10.3 Å². The maximum atomic E-state index is 12.7. The number of hydrogen-bond acceptors (Lipinski definition) is 2. The fourth-order valence-electron chi connectivity index (χ4n) is 1.23. The van der Waals surface area contributed by atoms with Crippen molar-refractivity contribution < 1.29 is 13.2 Å². The fourth-order valence-corrected chi connectivity index (χ4v) is 1.23. The van der Waals surface area contributed by atoms with E-state index in [9.17, 15) is 13.2 Å². The van der Waals surface area contributed by atoms with Crippen LogP contribution in [0.4, 0.5) is 13.2 Å². The lowest BCUT2D eigenvalue weighted by molar-refractivity contribution is -0.156. The molecule has 0 spiro atoms. The van der Waals surface area contributed by atoms with Crippen molar-refractivity contribution in [3.8, 4) is 0 Å². The van der Waals surface area contributed by atoms with E-state index < -0.39 is 17.9 Å². The smallest absolute Gasteiger partial charge is 0.280 e. The first-order valence-electron chi connectivity index (χ1n) is 5.76. The van der Waals surface area contributed by atoms with E-state index in [-0.39, 0.29) is 0 Å². The molecule has 0 aliphatic heterocycles. The van der Waals surface area contributed by atoms with Gasteiger partial charge in [0.1, 0.15) is 0 Å². The van der Waals surface area contributed by atoms with Gasteiger partial charge in [0, 0.05) is 11.8 Å². The number of alkyl halides is 3. The van der Waals surface area contributed by atoms with Gasteiger partial charge < -0.3 is 0 Å². The van der Waals surface area contributed by atoms with Crippen molar-refractivity contribution in [1.29, 1.82) is 0 Å². The summed E-state index contributed by atoms with van der Waals surface area (Å²) in [7, 11) is 0. The summed E-state index contributed by atoms with van der Waals surface area (Å²) in [6, 6.07) is 0. The molecule has 1 atom stereocenters. The molecule has 0 saturated heterocycles. The van der Waals surface area contributed by atoms with Crippen molar-refractivity contribution in [2.45, 2.75) is 58.4 Å². The second-order valence-corrected chi connectivity index (χ2v) is 4.36. The number of nitrogens with zero attached hydrogens (tertiary/aromatic N) is 1. The number of rotatable bonds is 6. The Kier molecular flexibility index (Phi) is 6.45. The Labute approximate surface area is 101 Å². The van der Waals surface area contributed by atoms with Gasteiger partial charge in [0.2, 0.25) is 0 Å². The van der Waals surface area contributed by atoms with E-state index in [1.807, 2.05) is 13.0 Å². The summed E-state index contributed by atoms with van der Waals surface area (Å²) in [6.07, 6.45) is -0.0938. The zero-order chi connectivity index (χ0) is 13.5. The Hall–Kier alpha value is -0.840. The van der Waals surface area contributed by atoms with Gasteiger partial charge in [-0.25, -0.2) is 0 Å². The predicted octanol–water partition coefficient (Wildman–Crippen LogP) is 3.69. The number of allylic oxidation sites excluding steroid dienone is 1. The highest BCUT2D eigenvalue weighted by molar-refractivity contribution is 5.56. The molecule has 1 N–H and O–H groups in total. The maximum absolute atomic E-state index is 12.7. The lowest BCUT2D eigenvalue weighted by Gasteiger charge is -2.28. The van der Waals surface area contributed by atoms with Crippen LogP contribution in [0.3, 0.4) is 0 Å². The van der Waals surface area contributed by atoms with Crippen LogP contribution < -0.4 is 5.32 Å². The van der Waals surface area contributed by atoms with Crippen molar-refractivity contribution in [2.24, 2.45) is 4.99 Å². The molecule has 0 bridgehead atoms. The molecule has 0 amide bonds. The zero-order valence-electron chi connectivity index (χ0n) is 10.8. The number of nitrogens with one attached hydrogen (secondary N) is 1. The highest BCUT2D eigenvalue weighted by atomic mass is 19.4. The van der Waals surface area contributed by atoms with Gasteiger partial charge in [-0.05, 0) is 26.7 Å². The first-order valence-corrected chi connectivity index (χ1v) is 5.76. The molecule has 0 aliphatic carbocycles. The van der Waals surface area contributed by atoms with Crippen molar-refractivity contribution in [3.05, 3.63) is 12.2 Å². The molecule has 0 rings (SSSR count). The molecule has 0 radical (unpaired) electrons. The molecule has 0 aromatic carbocycles. The lowest BCUT2D eigenvalue weighted by atomic mass is 10.0. The standard InChI is InChI=1S/C12H21F3N2/c1-5-7-8-11(3,4)17-10(12(13,14)15)16-9-6-2/h7-10,17H,5-6H2,1-4H3/b8-7-,16-9?. The summed E-state index contributed by atoms with van der Waals surface area (Å²) in [5, 5.41) is 2.49. The van der Waals surface area contributed by atoms with Gasteiger partial charge in [0.15, 0.2) is 6.17 Å². The van der Waals surface area contributed by atoms with E-state index in [4.69, 9.17) is 0 Å². The summed E-state index contributed by atoms with van der Waals surface area (Å²) < 4.78 is 38.1. The minimum atomic E-state index is -4.37. The molecule has 17 heavy (non-hydrogen) atoms. The molecule has 100 valence electrons. The highest BCUT2D eigenvalue weighted by Gasteiger charge is 2.41. The molecule has 0 aromatic rings. The number of hydrogen-bond donors (Lipinski definition) is 1. The van der Waals surface area contributed by atoms with Crippen LogP contribution in [0, 0.1) is 0 Å². The molecule has 5 heteroatoms. The Morgan fingerprint density at radius 2 is 1.76 bits per heavy atom. The molecular formula is C12H21F3N2. The average molecular weight is 250 g/mol. The van der Waals surface area contributed by atoms with Crippen LogP contribution in [0.25, 0.3) is 0 Å². The second kappa shape index (κ2) is 6.79. The number of aliphatic imine (C=N–C) groups is 1. The molecule has 0 fully saturated rings. The van der Waals surface area contributed by atoms with E-state index in [0.717, 1.165) is 6.42 Å². The summed E-state index contributed by atoms with van der Waals surface area (Å²) in [6.45, 7) is 7.07. The topological polar surface area (TPSA) is 24.4 Å². The van der Waals surface area contributed by atoms with Gasteiger partial charge in [0.25, 0.3) is 0 Å². The van der Waals surface area contributed by atoms with Crippen molar-refractivity contribution in [1.82, 2.24) is 5.32 Å². The Morgan fingerprint density at radius 1 is 1.18 bits per heavy atom. The third-order valence-electron chi connectivity index (χ3n) is 2.03. The van der Waals surface area contributed by atoms with Gasteiger partial charge in [-0.2, -0.15) is 13.2 Å². The second-order valence-electron chi connectivity index (χ2n) is 4.36. The van der Waals surface area contributed by atoms with Gasteiger partial charge in [-0.3, -0.25) is 10.3 Å². The van der Waals surface area contributed by atoms with Crippen molar-refractivity contribution >= 4 is 6.21 Å². The molecular weight excluding hydrogens is 229 g/mol. The predicted molar refractivity (Wildman–Crippen MR) is 65.3 cm³/mol. The van der Waals surface area contributed by atoms with E-state index >= 15 is 0 Å². The monoisotopic (exact) mass is 250 g/mol. The normalized spacial score (nSPS) is 15.9. The first kappa shape index (κ1) is 16.2. The summed E-state index contributed by atoms with van der Waals surface area (Å²) >= 11 is 0. The van der Waals surface area contributed by atoms with Crippen LogP contribution in [0.1, 0.15) is 40.5 Å². The first-order chi connectivity index (χ1) is 7.73. The Bertz CT molecular complexity index is 267. The van der Waals surface area contributed by atoms with Crippen LogP contribution in [0.5, 0.6) is 0 Å². The summed E-state index contributed by atoms with van der Waals surface area (Å²) in [5.41, 5.74) is -0.735. The third-order valence-corrected chi connectivity index (χ3v) is 2.03. The summed E-state index contributed by atoms with van der Waals surface area (Å²) in [5.74, 6) is 0. The Morgan fingerprint density at radius 3 is 2.18 bits per heavy atom. The van der Waals surface area contributed by atoms with Crippen LogP contribution >= 0.6 is 0 Å². The molecule has 2 nitrogen and oxygen atoms in total. The van der Waals surface area contributed by atoms with Gasteiger partial charge in [0.05, 0.1) is 0 Å². The average Bonchev–Trinajstić information content (AvgIpc) is 2.20. The van der Waals surface area contributed by atoms with Crippen LogP contribution in [-0.4, -0.2) is 24.1 Å². The van der Waals surface area contributed by atoms with Crippen LogP contribution in [-0.2, 0) is 0 Å². The van der Waals surface area contributed by atoms with Crippen LogP contribution in [0.15, 0.2) is 17.1 Å². The van der Waals surface area contributed by atoms with Crippen molar-refractivity contribution in [2.75, 3.05) is 0 Å². The van der Waals surface area contributed by atoms with Gasteiger partial charge >= 0.3 is 6.18 Å². The summed E-state index contributed by atoms with van der Waals surface area (Å²) in [4.78, 5) is 3.51. The molecule has 0 aromatic heterocycles. The Balaban J connectivity index is 4.74. The van der Waals surface area contributed by atoms with Crippen LogP contribution in [0.2, 0.25) is 0 Å². The molecule has 1 unspecified atom stereocenters. The quantitative estimate of drug-likeness (QED) is 0.564. The van der Waals surface area contributed by atoms with E-state index in [1.165, 1.54) is 6.21 Å². The maximum Gasteiger partial charge on any atom is 0.424 e. The largest absolute Gasteiger partial charge is 0.424 e. The van der Waals surface area contributed by atoms with Crippen molar-refractivity contribution in [3.63, 3.8) is 0 Å². The minimum Gasteiger partial charge on any atom is -0.280 e. The fraction of sp³-hybridized carbons (Fsp3) is 0.750.